The largest absolute Gasteiger partial charge is 0.370 e. The van der Waals surface area contributed by atoms with Gasteiger partial charge in [0, 0.05) is 10.2 Å². The Labute approximate surface area is 121 Å². The van der Waals surface area contributed by atoms with Crippen LogP contribution in [0.15, 0.2) is 27.7 Å². The van der Waals surface area contributed by atoms with E-state index in [9.17, 15) is 0 Å². The second-order valence-electron chi connectivity index (χ2n) is 4.62. The molecule has 2 atom stereocenters. The molecule has 0 bridgehead atoms. The maximum Gasteiger partial charge on any atom is 0.196 e. The van der Waals surface area contributed by atoms with E-state index in [0.29, 0.717) is 22.9 Å². The van der Waals surface area contributed by atoms with Gasteiger partial charge in [-0.2, -0.15) is 0 Å². The maximum absolute atomic E-state index is 6.02. The molecule has 0 fully saturated rings. The van der Waals surface area contributed by atoms with E-state index in [2.05, 4.69) is 39.7 Å². The number of guanidine groups is 1. The molecule has 0 radical (unpaired) electrons. The minimum atomic E-state index is 0.336. The normalized spacial score (nSPS) is 21.0. The molecular formula is C13H17BrClN3. The Balaban J connectivity index is 2.33. The minimum absolute atomic E-state index is 0.336. The van der Waals surface area contributed by atoms with Crippen molar-refractivity contribution < 1.29 is 0 Å². The molecule has 5 heteroatoms. The zero-order valence-corrected chi connectivity index (χ0v) is 12.9. The van der Waals surface area contributed by atoms with E-state index in [-0.39, 0.29) is 0 Å². The molecule has 1 aromatic carbocycles. The van der Waals surface area contributed by atoms with Crippen LogP contribution in [0.5, 0.6) is 0 Å². The van der Waals surface area contributed by atoms with Crippen molar-refractivity contribution >= 4 is 39.2 Å². The van der Waals surface area contributed by atoms with Crippen molar-refractivity contribution in [1.29, 1.82) is 0 Å². The summed E-state index contributed by atoms with van der Waals surface area (Å²) in [5.41, 5.74) is 7.05. The lowest BCUT2D eigenvalue weighted by molar-refractivity contribution is 0.462. The van der Waals surface area contributed by atoms with Gasteiger partial charge in [0.1, 0.15) is 0 Å². The van der Waals surface area contributed by atoms with Gasteiger partial charge in [0.15, 0.2) is 5.96 Å². The summed E-state index contributed by atoms with van der Waals surface area (Å²) in [7, 11) is 0. The van der Waals surface area contributed by atoms with Gasteiger partial charge < -0.3 is 10.6 Å². The molecular weight excluding hydrogens is 314 g/mol. The number of hydrogen-bond acceptors (Lipinski definition) is 3. The van der Waals surface area contributed by atoms with Crippen LogP contribution in [-0.2, 0) is 0 Å². The van der Waals surface area contributed by atoms with Crippen molar-refractivity contribution in [3.8, 4) is 0 Å². The van der Waals surface area contributed by atoms with Gasteiger partial charge in [0.25, 0.3) is 0 Å². The lowest BCUT2D eigenvalue weighted by Crippen LogP contribution is -2.44. The van der Waals surface area contributed by atoms with Crippen LogP contribution in [0.25, 0.3) is 0 Å². The molecule has 0 amide bonds. The van der Waals surface area contributed by atoms with Crippen molar-refractivity contribution in [1.82, 2.24) is 0 Å². The number of nitrogens with zero attached hydrogens (tertiary/aromatic N) is 2. The summed E-state index contributed by atoms with van der Waals surface area (Å²) >= 11 is 9.47. The van der Waals surface area contributed by atoms with E-state index in [1.165, 1.54) is 0 Å². The molecule has 0 aromatic heterocycles. The molecule has 18 heavy (non-hydrogen) atoms. The number of hydrogen-bond donors (Lipinski definition) is 1. The van der Waals surface area contributed by atoms with Crippen LogP contribution in [0.4, 0.5) is 5.69 Å². The summed E-state index contributed by atoms with van der Waals surface area (Å²) in [6.07, 6.45) is 1.11. The van der Waals surface area contributed by atoms with Crippen molar-refractivity contribution in [2.45, 2.75) is 26.3 Å². The van der Waals surface area contributed by atoms with Crippen LogP contribution in [0.3, 0.4) is 0 Å². The smallest absolute Gasteiger partial charge is 0.196 e. The third kappa shape index (κ3) is 2.50. The van der Waals surface area contributed by atoms with Gasteiger partial charge >= 0.3 is 0 Å². The van der Waals surface area contributed by atoms with Gasteiger partial charge in [-0.15, -0.1) is 0 Å². The highest BCUT2D eigenvalue weighted by Crippen LogP contribution is 2.31. The van der Waals surface area contributed by atoms with Crippen molar-refractivity contribution in [2.75, 3.05) is 11.4 Å². The molecule has 0 spiro atoms. The van der Waals surface area contributed by atoms with Gasteiger partial charge in [-0.05, 0) is 40.0 Å². The van der Waals surface area contributed by atoms with Gasteiger partial charge in [0.05, 0.1) is 17.6 Å². The molecule has 98 valence electrons. The maximum atomic E-state index is 6.02. The number of nitrogens with two attached hydrogens (primary N) is 1. The average Bonchev–Trinajstić information content (AvgIpc) is 2.74. The molecule has 1 heterocycles. The van der Waals surface area contributed by atoms with E-state index >= 15 is 0 Å². The summed E-state index contributed by atoms with van der Waals surface area (Å²) in [6, 6.07) is 6.19. The van der Waals surface area contributed by atoms with Gasteiger partial charge in [-0.25, -0.2) is 0 Å². The first-order valence-corrected chi connectivity index (χ1v) is 7.26. The molecule has 3 nitrogen and oxygen atoms in total. The Morgan fingerprint density at radius 2 is 2.33 bits per heavy atom. The van der Waals surface area contributed by atoms with E-state index in [0.717, 1.165) is 23.1 Å². The third-order valence-electron chi connectivity index (χ3n) is 3.50. The van der Waals surface area contributed by atoms with E-state index in [1.807, 2.05) is 18.2 Å². The summed E-state index contributed by atoms with van der Waals surface area (Å²) in [4.78, 5) is 6.47. The molecule has 1 aliphatic rings. The first kappa shape index (κ1) is 13.7. The molecule has 1 aliphatic heterocycles. The molecule has 0 saturated heterocycles. The fourth-order valence-electron chi connectivity index (χ4n) is 2.18. The van der Waals surface area contributed by atoms with E-state index in [4.69, 9.17) is 17.3 Å². The van der Waals surface area contributed by atoms with Crippen molar-refractivity contribution in [3.63, 3.8) is 0 Å². The fraction of sp³-hybridized carbons (Fsp3) is 0.462. The lowest BCUT2D eigenvalue weighted by atomic mass is 9.98. The van der Waals surface area contributed by atoms with Crippen LogP contribution in [0.1, 0.15) is 20.3 Å². The Morgan fingerprint density at radius 1 is 1.61 bits per heavy atom. The van der Waals surface area contributed by atoms with Crippen molar-refractivity contribution in [3.05, 3.63) is 27.7 Å². The molecule has 2 rings (SSSR count). The Kier molecular flexibility index (Phi) is 4.17. The standard InChI is InChI=1S/C13H17BrClN3/c1-3-8(2)12-7-17-13(16)18(12)9-4-5-11(15)10(14)6-9/h4-6,8,12H,3,7H2,1-2H3,(H2,16,17). The fourth-order valence-corrected chi connectivity index (χ4v) is 2.66. The van der Waals surface area contributed by atoms with Crippen molar-refractivity contribution in [2.24, 2.45) is 16.6 Å². The predicted octanol–water partition coefficient (Wildman–Crippen LogP) is 3.65. The summed E-state index contributed by atoms with van der Waals surface area (Å²) < 4.78 is 0.879. The molecule has 0 saturated carbocycles. The molecule has 1 aromatic rings. The van der Waals surface area contributed by atoms with Crippen LogP contribution in [0.2, 0.25) is 5.02 Å². The van der Waals surface area contributed by atoms with Gasteiger partial charge in [0.2, 0.25) is 0 Å². The summed E-state index contributed by atoms with van der Waals surface area (Å²) in [6.45, 7) is 5.19. The lowest BCUT2D eigenvalue weighted by Gasteiger charge is -2.30. The average molecular weight is 331 g/mol. The predicted molar refractivity (Wildman–Crippen MR) is 81.4 cm³/mol. The molecule has 2 unspecified atom stereocenters. The molecule has 0 aliphatic carbocycles. The first-order valence-electron chi connectivity index (χ1n) is 6.08. The molecule has 2 N–H and O–H groups in total. The zero-order chi connectivity index (χ0) is 13.3. The number of rotatable bonds is 3. The quantitative estimate of drug-likeness (QED) is 0.919. The Bertz CT molecular complexity index is 475. The monoisotopic (exact) mass is 329 g/mol. The highest BCUT2D eigenvalue weighted by Gasteiger charge is 2.31. The second-order valence-corrected chi connectivity index (χ2v) is 5.88. The number of halogens is 2. The van der Waals surface area contributed by atoms with Gasteiger partial charge in [-0.1, -0.05) is 31.9 Å². The summed E-state index contributed by atoms with van der Waals surface area (Å²) in [5.74, 6) is 1.14. The minimum Gasteiger partial charge on any atom is -0.370 e. The van der Waals surface area contributed by atoms with Crippen LogP contribution in [-0.4, -0.2) is 18.5 Å². The SMILES string of the molecule is CCC(C)C1CN=C(N)N1c1ccc(Cl)c(Br)c1. The van der Waals surface area contributed by atoms with Crippen LogP contribution < -0.4 is 10.6 Å². The topological polar surface area (TPSA) is 41.6 Å². The van der Waals surface area contributed by atoms with E-state index < -0.39 is 0 Å². The number of benzene rings is 1. The van der Waals surface area contributed by atoms with Crippen LogP contribution >= 0.6 is 27.5 Å². The highest BCUT2D eigenvalue weighted by atomic mass is 79.9. The van der Waals surface area contributed by atoms with Crippen LogP contribution in [0, 0.1) is 5.92 Å². The number of anilines is 1. The van der Waals surface area contributed by atoms with Gasteiger partial charge in [-0.3, -0.25) is 4.99 Å². The second kappa shape index (κ2) is 5.49. The summed E-state index contributed by atoms with van der Waals surface area (Å²) in [5, 5.41) is 0.702. The van der Waals surface area contributed by atoms with E-state index in [1.54, 1.807) is 0 Å². The number of aliphatic imine (C=N–C) groups is 1. The first-order chi connectivity index (χ1) is 8.54. The third-order valence-corrected chi connectivity index (χ3v) is 4.71. The Morgan fingerprint density at radius 3 is 2.94 bits per heavy atom. The highest BCUT2D eigenvalue weighted by molar-refractivity contribution is 9.10. The Hall–Kier alpha value is -0.740. The zero-order valence-electron chi connectivity index (χ0n) is 10.5.